The summed E-state index contributed by atoms with van der Waals surface area (Å²) in [5, 5.41) is 14.2. The molecule has 1 saturated carbocycles. The van der Waals surface area contributed by atoms with Gasteiger partial charge in [-0.3, -0.25) is 10.1 Å². The molecule has 0 aromatic heterocycles. The van der Waals surface area contributed by atoms with Gasteiger partial charge in [-0.15, -0.1) is 0 Å². The van der Waals surface area contributed by atoms with Crippen molar-refractivity contribution in [2.75, 3.05) is 11.1 Å². The van der Waals surface area contributed by atoms with Crippen LogP contribution in [0, 0.1) is 22.0 Å². The predicted molar refractivity (Wildman–Crippen MR) is 77.1 cm³/mol. The van der Waals surface area contributed by atoms with Gasteiger partial charge in [-0.2, -0.15) is 0 Å². The molecule has 0 radical (unpaired) electrons. The van der Waals surface area contributed by atoms with Crippen molar-refractivity contribution in [2.24, 2.45) is 11.8 Å². The predicted octanol–water partition coefficient (Wildman–Crippen LogP) is 3.41. The van der Waals surface area contributed by atoms with Gasteiger partial charge in [0.1, 0.15) is 0 Å². The normalized spacial score (nSPS) is 26.9. The summed E-state index contributed by atoms with van der Waals surface area (Å²) < 4.78 is 0. The van der Waals surface area contributed by atoms with Gasteiger partial charge in [0.2, 0.25) is 0 Å². The zero-order chi connectivity index (χ0) is 14.0. The average Bonchev–Trinajstić information content (AvgIpc) is 2.34. The van der Waals surface area contributed by atoms with Crippen molar-refractivity contribution < 1.29 is 4.92 Å². The van der Waals surface area contributed by atoms with E-state index in [1.165, 1.54) is 18.9 Å². The van der Waals surface area contributed by atoms with E-state index in [4.69, 9.17) is 5.73 Å². The van der Waals surface area contributed by atoms with E-state index < -0.39 is 4.92 Å². The number of nitrogen functional groups attached to an aromatic ring is 1. The first-order valence-electron chi connectivity index (χ1n) is 6.79. The van der Waals surface area contributed by atoms with Crippen molar-refractivity contribution in [1.29, 1.82) is 0 Å². The Hall–Kier alpha value is -1.78. The van der Waals surface area contributed by atoms with Crippen LogP contribution in [-0.2, 0) is 0 Å². The molecule has 1 aliphatic carbocycles. The standard InChI is InChI=1S/C14H21N3O2/c1-9-4-3-5-14(10(9)2)16-12-6-11(15)7-13(8-12)17(18)19/h6-10,14,16H,3-5,15H2,1-2H3. The third kappa shape index (κ3) is 3.16. The van der Waals surface area contributed by atoms with Crippen molar-refractivity contribution in [3.63, 3.8) is 0 Å². The Bertz CT molecular complexity index is 476. The highest BCUT2D eigenvalue weighted by Crippen LogP contribution is 2.32. The van der Waals surface area contributed by atoms with E-state index in [0.29, 0.717) is 23.6 Å². The molecule has 0 spiro atoms. The van der Waals surface area contributed by atoms with Crippen LogP contribution in [0.15, 0.2) is 18.2 Å². The molecular weight excluding hydrogens is 242 g/mol. The monoisotopic (exact) mass is 263 g/mol. The second kappa shape index (κ2) is 5.47. The van der Waals surface area contributed by atoms with E-state index in [-0.39, 0.29) is 5.69 Å². The van der Waals surface area contributed by atoms with Crippen LogP contribution in [0.2, 0.25) is 0 Å². The SMILES string of the molecule is CC1CCCC(Nc2cc(N)cc([N+](=O)[O-])c2)C1C. The number of nitrogens with two attached hydrogens (primary N) is 1. The first kappa shape index (κ1) is 13.6. The molecule has 0 saturated heterocycles. The summed E-state index contributed by atoms with van der Waals surface area (Å²) in [6.07, 6.45) is 3.57. The fourth-order valence-electron chi connectivity index (χ4n) is 2.82. The van der Waals surface area contributed by atoms with Gasteiger partial charge in [0, 0.05) is 29.5 Å². The molecule has 3 unspecified atom stereocenters. The van der Waals surface area contributed by atoms with Crippen molar-refractivity contribution in [3.05, 3.63) is 28.3 Å². The van der Waals surface area contributed by atoms with E-state index in [1.54, 1.807) is 12.1 Å². The topological polar surface area (TPSA) is 81.2 Å². The van der Waals surface area contributed by atoms with Crippen LogP contribution in [0.4, 0.5) is 17.1 Å². The van der Waals surface area contributed by atoms with Crippen LogP contribution >= 0.6 is 0 Å². The molecule has 2 rings (SSSR count). The van der Waals surface area contributed by atoms with Gasteiger partial charge in [-0.1, -0.05) is 26.7 Å². The van der Waals surface area contributed by atoms with Crippen molar-refractivity contribution in [2.45, 2.75) is 39.2 Å². The second-order valence-corrected chi connectivity index (χ2v) is 5.59. The van der Waals surface area contributed by atoms with E-state index >= 15 is 0 Å². The Morgan fingerprint density at radius 3 is 2.74 bits per heavy atom. The zero-order valence-corrected chi connectivity index (χ0v) is 11.4. The molecule has 3 atom stereocenters. The fraction of sp³-hybridized carbons (Fsp3) is 0.571. The van der Waals surface area contributed by atoms with Gasteiger partial charge in [-0.05, 0) is 24.3 Å². The largest absolute Gasteiger partial charge is 0.398 e. The summed E-state index contributed by atoms with van der Waals surface area (Å²) in [6, 6.07) is 5.07. The lowest BCUT2D eigenvalue weighted by molar-refractivity contribution is -0.384. The molecule has 104 valence electrons. The molecular formula is C14H21N3O2. The molecule has 0 aliphatic heterocycles. The molecule has 0 bridgehead atoms. The summed E-state index contributed by atoms with van der Waals surface area (Å²) in [5.41, 5.74) is 6.93. The van der Waals surface area contributed by atoms with Gasteiger partial charge in [-0.25, -0.2) is 0 Å². The van der Waals surface area contributed by atoms with Crippen LogP contribution in [0.3, 0.4) is 0 Å². The number of hydrogen-bond donors (Lipinski definition) is 2. The zero-order valence-electron chi connectivity index (χ0n) is 11.4. The van der Waals surface area contributed by atoms with Crippen LogP contribution < -0.4 is 11.1 Å². The highest BCUT2D eigenvalue weighted by molar-refractivity contribution is 5.61. The van der Waals surface area contributed by atoms with Gasteiger partial charge in [0.15, 0.2) is 0 Å². The maximum atomic E-state index is 10.8. The van der Waals surface area contributed by atoms with Crippen LogP contribution in [-0.4, -0.2) is 11.0 Å². The summed E-state index contributed by atoms with van der Waals surface area (Å²) in [7, 11) is 0. The van der Waals surface area contributed by atoms with Crippen molar-refractivity contribution in [1.82, 2.24) is 0 Å². The quantitative estimate of drug-likeness (QED) is 0.497. The number of nitrogens with zero attached hydrogens (tertiary/aromatic N) is 1. The minimum atomic E-state index is -0.408. The molecule has 1 aromatic rings. The highest BCUT2D eigenvalue weighted by Gasteiger charge is 2.27. The maximum absolute atomic E-state index is 10.8. The van der Waals surface area contributed by atoms with Gasteiger partial charge >= 0.3 is 0 Å². The van der Waals surface area contributed by atoms with Crippen molar-refractivity contribution in [3.8, 4) is 0 Å². The smallest absolute Gasteiger partial charge is 0.273 e. The molecule has 3 N–H and O–H groups in total. The van der Waals surface area contributed by atoms with Gasteiger partial charge in [0.25, 0.3) is 5.69 Å². The van der Waals surface area contributed by atoms with Crippen LogP contribution in [0.25, 0.3) is 0 Å². The van der Waals surface area contributed by atoms with Crippen LogP contribution in [0.5, 0.6) is 0 Å². The first-order valence-corrected chi connectivity index (χ1v) is 6.79. The number of nitrogens with one attached hydrogen (secondary N) is 1. The molecule has 0 heterocycles. The molecule has 5 nitrogen and oxygen atoms in total. The molecule has 0 amide bonds. The van der Waals surface area contributed by atoms with E-state index in [0.717, 1.165) is 12.1 Å². The van der Waals surface area contributed by atoms with E-state index in [9.17, 15) is 10.1 Å². The van der Waals surface area contributed by atoms with E-state index in [1.807, 2.05) is 0 Å². The number of nitro benzene ring substituents is 1. The minimum Gasteiger partial charge on any atom is -0.398 e. The summed E-state index contributed by atoms with van der Waals surface area (Å²) in [4.78, 5) is 10.4. The summed E-state index contributed by atoms with van der Waals surface area (Å²) in [6.45, 7) is 4.50. The lowest BCUT2D eigenvalue weighted by Gasteiger charge is -2.35. The molecule has 5 heteroatoms. The van der Waals surface area contributed by atoms with Gasteiger partial charge in [0.05, 0.1) is 4.92 Å². The average molecular weight is 263 g/mol. The summed E-state index contributed by atoms with van der Waals surface area (Å²) >= 11 is 0. The lowest BCUT2D eigenvalue weighted by atomic mass is 9.78. The Morgan fingerprint density at radius 2 is 2.05 bits per heavy atom. The minimum absolute atomic E-state index is 0.0408. The fourth-order valence-corrected chi connectivity index (χ4v) is 2.82. The van der Waals surface area contributed by atoms with Gasteiger partial charge < -0.3 is 11.1 Å². The third-order valence-electron chi connectivity index (χ3n) is 4.21. The Morgan fingerprint density at radius 1 is 1.32 bits per heavy atom. The number of benzene rings is 1. The lowest BCUT2D eigenvalue weighted by Crippen LogP contribution is -2.35. The number of anilines is 2. The summed E-state index contributed by atoms with van der Waals surface area (Å²) in [5.74, 6) is 1.25. The number of nitro groups is 1. The van der Waals surface area contributed by atoms with Crippen LogP contribution in [0.1, 0.15) is 33.1 Å². The highest BCUT2D eigenvalue weighted by atomic mass is 16.6. The maximum Gasteiger partial charge on any atom is 0.273 e. The number of rotatable bonds is 3. The Balaban J connectivity index is 2.16. The molecule has 1 aliphatic rings. The molecule has 19 heavy (non-hydrogen) atoms. The first-order chi connectivity index (χ1) is 8.97. The molecule has 1 aromatic carbocycles. The molecule has 1 fully saturated rings. The Labute approximate surface area is 113 Å². The Kier molecular flexibility index (Phi) is 3.93. The van der Waals surface area contributed by atoms with Crippen molar-refractivity contribution >= 4 is 17.1 Å². The second-order valence-electron chi connectivity index (χ2n) is 5.59. The number of non-ortho nitro benzene ring substituents is 1. The van der Waals surface area contributed by atoms with E-state index in [2.05, 4.69) is 19.2 Å². The number of hydrogen-bond acceptors (Lipinski definition) is 4. The third-order valence-corrected chi connectivity index (χ3v) is 4.21.